The third-order valence-electron chi connectivity index (χ3n) is 2.91. The van der Waals surface area contributed by atoms with Gasteiger partial charge in [0.15, 0.2) is 0 Å². The van der Waals surface area contributed by atoms with E-state index in [1.54, 1.807) is 12.1 Å². The van der Waals surface area contributed by atoms with Crippen molar-refractivity contribution in [2.75, 3.05) is 6.61 Å². The Balaban J connectivity index is 2.20. The van der Waals surface area contributed by atoms with Crippen LogP contribution in [-0.2, 0) is 0 Å². The monoisotopic (exact) mass is 244 g/mol. The molecule has 2 unspecified atom stereocenters. The third kappa shape index (κ3) is 2.76. The van der Waals surface area contributed by atoms with Crippen molar-refractivity contribution in [2.24, 2.45) is 0 Å². The molecule has 18 heavy (non-hydrogen) atoms. The van der Waals surface area contributed by atoms with Crippen molar-refractivity contribution in [1.82, 2.24) is 0 Å². The van der Waals surface area contributed by atoms with Crippen LogP contribution in [0.15, 0.2) is 54.6 Å². The van der Waals surface area contributed by atoms with E-state index in [9.17, 15) is 10.2 Å². The molecule has 2 aromatic rings. The van der Waals surface area contributed by atoms with E-state index in [0.29, 0.717) is 5.56 Å². The highest BCUT2D eigenvalue weighted by atomic mass is 16.4. The van der Waals surface area contributed by atoms with Crippen molar-refractivity contribution in [3.05, 3.63) is 60.2 Å². The zero-order valence-electron chi connectivity index (χ0n) is 9.90. The Morgan fingerprint density at radius 3 is 1.89 bits per heavy atom. The molecule has 0 heterocycles. The average Bonchev–Trinajstić information content (AvgIpc) is 2.47. The van der Waals surface area contributed by atoms with Crippen LogP contribution in [0.1, 0.15) is 11.7 Å². The molecule has 0 aromatic heterocycles. The maximum atomic E-state index is 9.74. The fraction of sp³-hybridized carbons (Fsp3) is 0.200. The summed E-state index contributed by atoms with van der Waals surface area (Å²) in [7, 11) is 0. The van der Waals surface area contributed by atoms with E-state index in [-0.39, 0.29) is 0 Å². The quantitative estimate of drug-likeness (QED) is 0.767. The highest BCUT2D eigenvalue weighted by Crippen LogP contribution is 2.23. The normalized spacial score (nSPS) is 14.2. The summed E-state index contributed by atoms with van der Waals surface area (Å²) in [4.78, 5) is 0. The lowest BCUT2D eigenvalue weighted by Gasteiger charge is -2.16. The summed E-state index contributed by atoms with van der Waals surface area (Å²) < 4.78 is 0. The number of benzene rings is 2. The lowest BCUT2D eigenvalue weighted by molar-refractivity contribution is -0.0152. The van der Waals surface area contributed by atoms with Crippen LogP contribution in [0.5, 0.6) is 0 Å². The Morgan fingerprint density at radius 1 is 0.778 bits per heavy atom. The average molecular weight is 244 g/mol. The van der Waals surface area contributed by atoms with Crippen LogP contribution in [0.2, 0.25) is 0 Å². The molecule has 0 radical (unpaired) electrons. The van der Waals surface area contributed by atoms with Crippen molar-refractivity contribution < 1.29 is 15.3 Å². The molecule has 0 bridgehead atoms. The molecule has 0 aliphatic heterocycles. The molecular formula is C15H16O3. The van der Waals surface area contributed by atoms with E-state index >= 15 is 0 Å². The minimum Gasteiger partial charge on any atom is -0.394 e. The van der Waals surface area contributed by atoms with Crippen LogP contribution in [0, 0.1) is 0 Å². The SMILES string of the molecule is OCC(O)C(O)c1ccc(-c2ccccc2)cc1. The first-order chi connectivity index (χ1) is 8.72. The van der Waals surface area contributed by atoms with Crippen LogP contribution < -0.4 is 0 Å². The van der Waals surface area contributed by atoms with Crippen molar-refractivity contribution in [2.45, 2.75) is 12.2 Å². The van der Waals surface area contributed by atoms with E-state index in [2.05, 4.69) is 0 Å². The smallest absolute Gasteiger partial charge is 0.107 e. The number of hydrogen-bond acceptors (Lipinski definition) is 3. The predicted octanol–water partition coefficient (Wildman–Crippen LogP) is 1.74. The Bertz CT molecular complexity index is 479. The molecule has 2 rings (SSSR count). The lowest BCUT2D eigenvalue weighted by Crippen LogP contribution is -2.21. The van der Waals surface area contributed by atoms with Gasteiger partial charge >= 0.3 is 0 Å². The number of rotatable bonds is 4. The summed E-state index contributed by atoms with van der Waals surface area (Å²) in [5.74, 6) is 0. The minimum atomic E-state index is -1.15. The summed E-state index contributed by atoms with van der Waals surface area (Å²) in [5.41, 5.74) is 2.74. The Hall–Kier alpha value is -1.68. The van der Waals surface area contributed by atoms with E-state index in [1.165, 1.54) is 0 Å². The van der Waals surface area contributed by atoms with Crippen molar-refractivity contribution in [1.29, 1.82) is 0 Å². The molecule has 2 atom stereocenters. The van der Waals surface area contributed by atoms with Crippen LogP contribution in [0.3, 0.4) is 0 Å². The van der Waals surface area contributed by atoms with Gasteiger partial charge in [-0.25, -0.2) is 0 Å². The van der Waals surface area contributed by atoms with Crippen molar-refractivity contribution >= 4 is 0 Å². The predicted molar refractivity (Wildman–Crippen MR) is 69.9 cm³/mol. The first-order valence-corrected chi connectivity index (χ1v) is 5.84. The fourth-order valence-electron chi connectivity index (χ4n) is 1.83. The summed E-state index contributed by atoms with van der Waals surface area (Å²) in [6, 6.07) is 17.2. The van der Waals surface area contributed by atoms with Gasteiger partial charge < -0.3 is 15.3 Å². The van der Waals surface area contributed by atoms with Gasteiger partial charge in [-0.3, -0.25) is 0 Å². The van der Waals surface area contributed by atoms with Gasteiger partial charge in [0.25, 0.3) is 0 Å². The highest BCUT2D eigenvalue weighted by molar-refractivity contribution is 5.63. The van der Waals surface area contributed by atoms with Crippen molar-refractivity contribution in [3.8, 4) is 11.1 Å². The van der Waals surface area contributed by atoms with Crippen LogP contribution in [0.25, 0.3) is 11.1 Å². The largest absolute Gasteiger partial charge is 0.394 e. The summed E-state index contributed by atoms with van der Waals surface area (Å²) in [6.45, 7) is -0.457. The maximum Gasteiger partial charge on any atom is 0.107 e. The van der Waals surface area contributed by atoms with Crippen molar-refractivity contribution in [3.63, 3.8) is 0 Å². The van der Waals surface area contributed by atoms with Gasteiger partial charge in [0.1, 0.15) is 12.2 Å². The maximum absolute atomic E-state index is 9.74. The zero-order chi connectivity index (χ0) is 13.0. The molecule has 0 spiro atoms. The number of aliphatic hydroxyl groups is 3. The molecule has 3 nitrogen and oxygen atoms in total. The van der Waals surface area contributed by atoms with Gasteiger partial charge in [0.05, 0.1) is 6.61 Å². The van der Waals surface area contributed by atoms with Gasteiger partial charge in [-0.05, 0) is 16.7 Å². The molecule has 3 N–H and O–H groups in total. The molecule has 0 saturated carbocycles. The lowest BCUT2D eigenvalue weighted by atomic mass is 10.00. The molecule has 0 fully saturated rings. The Kier molecular flexibility index (Phi) is 4.10. The standard InChI is InChI=1S/C15H16O3/c16-10-14(17)15(18)13-8-6-12(7-9-13)11-4-2-1-3-5-11/h1-9,14-18H,10H2. The fourth-order valence-corrected chi connectivity index (χ4v) is 1.83. The Labute approximate surface area is 106 Å². The van der Waals surface area contributed by atoms with Gasteiger partial charge in [0.2, 0.25) is 0 Å². The first-order valence-electron chi connectivity index (χ1n) is 5.84. The van der Waals surface area contributed by atoms with Gasteiger partial charge in [0, 0.05) is 0 Å². The second-order valence-corrected chi connectivity index (χ2v) is 4.18. The molecular weight excluding hydrogens is 228 g/mol. The first kappa shape index (κ1) is 12.8. The molecule has 0 aliphatic carbocycles. The molecule has 94 valence electrons. The molecule has 0 amide bonds. The van der Waals surface area contributed by atoms with Crippen LogP contribution >= 0.6 is 0 Å². The van der Waals surface area contributed by atoms with Crippen LogP contribution in [-0.4, -0.2) is 28.0 Å². The van der Waals surface area contributed by atoms with E-state index < -0.39 is 18.8 Å². The van der Waals surface area contributed by atoms with Gasteiger partial charge in [-0.15, -0.1) is 0 Å². The summed E-state index contributed by atoms with van der Waals surface area (Å²) in [5, 5.41) is 27.9. The minimum absolute atomic E-state index is 0.457. The summed E-state index contributed by atoms with van der Waals surface area (Å²) in [6.07, 6.45) is -2.20. The Morgan fingerprint density at radius 2 is 1.33 bits per heavy atom. The second-order valence-electron chi connectivity index (χ2n) is 4.18. The van der Waals surface area contributed by atoms with Crippen LogP contribution in [0.4, 0.5) is 0 Å². The topological polar surface area (TPSA) is 60.7 Å². The second kappa shape index (κ2) is 5.78. The summed E-state index contributed by atoms with van der Waals surface area (Å²) >= 11 is 0. The number of hydrogen-bond donors (Lipinski definition) is 3. The van der Waals surface area contributed by atoms with Gasteiger partial charge in [-0.1, -0.05) is 54.6 Å². The highest BCUT2D eigenvalue weighted by Gasteiger charge is 2.16. The number of aliphatic hydroxyl groups excluding tert-OH is 3. The van der Waals surface area contributed by atoms with E-state index in [1.807, 2.05) is 42.5 Å². The molecule has 2 aromatic carbocycles. The van der Waals surface area contributed by atoms with Gasteiger partial charge in [-0.2, -0.15) is 0 Å². The molecule has 0 aliphatic rings. The van der Waals surface area contributed by atoms with E-state index in [0.717, 1.165) is 11.1 Å². The third-order valence-corrected chi connectivity index (χ3v) is 2.91. The zero-order valence-corrected chi connectivity index (χ0v) is 9.90. The molecule has 0 saturated heterocycles. The molecule has 3 heteroatoms. The van der Waals surface area contributed by atoms with E-state index in [4.69, 9.17) is 5.11 Å².